The van der Waals surface area contributed by atoms with Gasteiger partial charge in [0.1, 0.15) is 0 Å². The Hall–Kier alpha value is -1.92. The molecule has 1 aromatic rings. The van der Waals surface area contributed by atoms with Crippen molar-refractivity contribution in [1.82, 2.24) is 15.1 Å². The van der Waals surface area contributed by atoms with Crippen molar-refractivity contribution in [2.24, 2.45) is 5.41 Å². The molecule has 0 aromatic heterocycles. The lowest BCUT2D eigenvalue weighted by Crippen LogP contribution is -2.57. The molecule has 0 radical (unpaired) electrons. The predicted molar refractivity (Wildman–Crippen MR) is 106 cm³/mol. The maximum Gasteiger partial charge on any atom is 0.227 e. The van der Waals surface area contributed by atoms with Gasteiger partial charge >= 0.3 is 0 Å². The number of aliphatic hydroxyl groups excluding tert-OH is 1. The fourth-order valence-corrected chi connectivity index (χ4v) is 5.00. The van der Waals surface area contributed by atoms with Crippen LogP contribution < -0.4 is 5.32 Å². The third-order valence-corrected chi connectivity index (χ3v) is 6.83. The number of carbonyl (C=O) groups is 2. The second kappa shape index (κ2) is 8.21. The molecule has 3 aliphatic rings. The zero-order valence-electron chi connectivity index (χ0n) is 16.5. The van der Waals surface area contributed by atoms with Crippen LogP contribution in [0.15, 0.2) is 30.3 Å². The first-order valence-corrected chi connectivity index (χ1v) is 10.6. The monoisotopic (exact) mass is 385 g/mol. The highest BCUT2D eigenvalue weighted by molar-refractivity contribution is 5.85. The summed E-state index contributed by atoms with van der Waals surface area (Å²) in [5.74, 6) is 0.219. The highest BCUT2D eigenvalue weighted by Crippen LogP contribution is 2.42. The molecule has 4 rings (SSSR count). The van der Waals surface area contributed by atoms with Crippen LogP contribution in [-0.4, -0.2) is 65.5 Å². The minimum Gasteiger partial charge on any atom is -0.391 e. The molecule has 6 heteroatoms. The van der Waals surface area contributed by atoms with Gasteiger partial charge in [-0.05, 0) is 50.8 Å². The van der Waals surface area contributed by atoms with Crippen LogP contribution in [0.1, 0.15) is 50.1 Å². The smallest absolute Gasteiger partial charge is 0.227 e. The summed E-state index contributed by atoms with van der Waals surface area (Å²) in [6.45, 7) is 4.27. The van der Waals surface area contributed by atoms with Gasteiger partial charge in [0.05, 0.1) is 17.6 Å². The van der Waals surface area contributed by atoms with E-state index < -0.39 is 11.5 Å². The van der Waals surface area contributed by atoms with Crippen molar-refractivity contribution in [2.45, 2.75) is 50.7 Å². The summed E-state index contributed by atoms with van der Waals surface area (Å²) in [5.41, 5.74) is 0.393. The Labute approximate surface area is 166 Å². The van der Waals surface area contributed by atoms with Crippen molar-refractivity contribution in [2.75, 3.05) is 32.7 Å². The van der Waals surface area contributed by atoms with E-state index >= 15 is 0 Å². The van der Waals surface area contributed by atoms with E-state index in [-0.39, 0.29) is 17.9 Å². The van der Waals surface area contributed by atoms with Crippen molar-refractivity contribution in [3.8, 4) is 0 Å². The highest BCUT2D eigenvalue weighted by Gasteiger charge is 2.49. The van der Waals surface area contributed by atoms with E-state index in [0.717, 1.165) is 25.2 Å². The Morgan fingerprint density at radius 3 is 2.46 bits per heavy atom. The van der Waals surface area contributed by atoms with Crippen LogP contribution in [0.2, 0.25) is 0 Å². The number of piperidine rings is 2. The average molecular weight is 386 g/mol. The van der Waals surface area contributed by atoms with E-state index in [4.69, 9.17) is 0 Å². The van der Waals surface area contributed by atoms with E-state index in [1.807, 2.05) is 35.2 Å². The molecule has 0 unspecified atom stereocenters. The molecule has 6 nitrogen and oxygen atoms in total. The molecule has 0 aliphatic carbocycles. The zero-order valence-corrected chi connectivity index (χ0v) is 16.5. The summed E-state index contributed by atoms with van der Waals surface area (Å²) >= 11 is 0. The van der Waals surface area contributed by atoms with Crippen LogP contribution in [0.3, 0.4) is 0 Å². The molecule has 1 spiro atoms. The molecule has 3 heterocycles. The number of carbonyl (C=O) groups excluding carboxylic acids is 2. The van der Waals surface area contributed by atoms with Crippen molar-refractivity contribution in [1.29, 1.82) is 0 Å². The van der Waals surface area contributed by atoms with Gasteiger partial charge in [0.2, 0.25) is 11.8 Å². The number of hydrogen-bond acceptors (Lipinski definition) is 4. The largest absolute Gasteiger partial charge is 0.391 e. The van der Waals surface area contributed by atoms with Crippen LogP contribution in [-0.2, 0) is 9.59 Å². The molecule has 2 N–H and O–H groups in total. The molecule has 0 saturated carbocycles. The number of rotatable bonds is 4. The average Bonchev–Trinajstić information content (AvgIpc) is 3.24. The molecule has 152 valence electrons. The van der Waals surface area contributed by atoms with E-state index in [9.17, 15) is 14.7 Å². The number of aliphatic hydroxyl groups is 1. The summed E-state index contributed by atoms with van der Waals surface area (Å²) in [6.07, 6.45) is 4.17. The van der Waals surface area contributed by atoms with Crippen molar-refractivity contribution >= 4 is 11.8 Å². The first kappa shape index (κ1) is 19.4. The summed E-state index contributed by atoms with van der Waals surface area (Å²) in [7, 11) is 0. The molecular weight excluding hydrogens is 354 g/mol. The summed E-state index contributed by atoms with van der Waals surface area (Å²) in [5, 5.41) is 13.8. The second-order valence-corrected chi connectivity index (χ2v) is 8.59. The number of benzene rings is 1. The molecule has 2 amide bonds. The Morgan fingerprint density at radius 2 is 1.79 bits per heavy atom. The minimum atomic E-state index is -0.600. The maximum absolute atomic E-state index is 12.9. The van der Waals surface area contributed by atoms with Gasteiger partial charge in [-0.2, -0.15) is 0 Å². The van der Waals surface area contributed by atoms with E-state index in [1.54, 1.807) is 0 Å². The van der Waals surface area contributed by atoms with Gasteiger partial charge in [-0.1, -0.05) is 30.3 Å². The standard InChI is InChI=1S/C22H31N3O3/c26-18-16-22(21(28)23-20(18)17-6-2-1-3-7-17)9-14-25(15-10-22)19(27)8-13-24-11-4-5-12-24/h1-3,6-7,18,20,26H,4-5,8-16H2,(H,23,28)/t18-,20+/m1/s1. The van der Waals surface area contributed by atoms with Crippen molar-refractivity contribution in [3.05, 3.63) is 35.9 Å². The summed E-state index contributed by atoms with van der Waals surface area (Å²) in [4.78, 5) is 29.8. The molecule has 3 saturated heterocycles. The predicted octanol–water partition coefficient (Wildman–Crippen LogP) is 1.70. The van der Waals surface area contributed by atoms with Crippen LogP contribution in [0.25, 0.3) is 0 Å². The molecule has 3 fully saturated rings. The maximum atomic E-state index is 12.9. The molecule has 28 heavy (non-hydrogen) atoms. The van der Waals surface area contributed by atoms with Gasteiger partial charge in [0.25, 0.3) is 0 Å². The van der Waals surface area contributed by atoms with Gasteiger partial charge < -0.3 is 20.2 Å². The normalized spacial score (nSPS) is 27.8. The Bertz CT molecular complexity index is 694. The number of nitrogens with zero attached hydrogens (tertiary/aromatic N) is 2. The van der Waals surface area contributed by atoms with Crippen LogP contribution in [0.4, 0.5) is 0 Å². The van der Waals surface area contributed by atoms with E-state index in [0.29, 0.717) is 38.8 Å². The molecule has 0 bridgehead atoms. The lowest BCUT2D eigenvalue weighted by molar-refractivity contribution is -0.148. The third kappa shape index (κ3) is 3.94. The van der Waals surface area contributed by atoms with Crippen molar-refractivity contribution in [3.63, 3.8) is 0 Å². The topological polar surface area (TPSA) is 72.9 Å². The van der Waals surface area contributed by atoms with Crippen molar-refractivity contribution < 1.29 is 14.7 Å². The first-order valence-electron chi connectivity index (χ1n) is 10.6. The van der Waals surface area contributed by atoms with Gasteiger partial charge in [-0.15, -0.1) is 0 Å². The Balaban J connectivity index is 1.32. The molecule has 2 atom stereocenters. The van der Waals surface area contributed by atoms with Gasteiger partial charge in [0, 0.05) is 26.1 Å². The molecule has 1 aromatic carbocycles. The van der Waals surface area contributed by atoms with Crippen LogP contribution in [0.5, 0.6) is 0 Å². The molecule has 3 aliphatic heterocycles. The molecular formula is C22H31N3O3. The van der Waals surface area contributed by atoms with E-state index in [1.165, 1.54) is 12.8 Å². The van der Waals surface area contributed by atoms with E-state index in [2.05, 4.69) is 10.2 Å². The van der Waals surface area contributed by atoms with Gasteiger partial charge in [0.15, 0.2) is 0 Å². The summed E-state index contributed by atoms with van der Waals surface area (Å²) in [6, 6.07) is 9.30. The highest BCUT2D eigenvalue weighted by atomic mass is 16.3. The number of likely N-dealkylation sites (tertiary alicyclic amines) is 2. The number of nitrogens with one attached hydrogen (secondary N) is 1. The van der Waals surface area contributed by atoms with Crippen LogP contribution >= 0.6 is 0 Å². The van der Waals surface area contributed by atoms with Gasteiger partial charge in [-0.3, -0.25) is 9.59 Å². The Kier molecular flexibility index (Phi) is 5.69. The fourth-order valence-electron chi connectivity index (χ4n) is 5.00. The lowest BCUT2D eigenvalue weighted by atomic mass is 9.69. The number of hydrogen-bond donors (Lipinski definition) is 2. The summed E-state index contributed by atoms with van der Waals surface area (Å²) < 4.78 is 0. The SMILES string of the molecule is O=C(CCN1CCCC1)N1CCC2(CC1)C[C@@H](O)[C@H](c1ccccc1)NC2=O. The Morgan fingerprint density at radius 1 is 1.11 bits per heavy atom. The minimum absolute atomic E-state index is 0.0239. The lowest BCUT2D eigenvalue weighted by Gasteiger charge is -2.46. The van der Waals surface area contributed by atoms with Gasteiger partial charge in [-0.25, -0.2) is 0 Å². The fraction of sp³-hybridized carbons (Fsp3) is 0.636. The second-order valence-electron chi connectivity index (χ2n) is 8.59. The first-order chi connectivity index (χ1) is 13.6. The quantitative estimate of drug-likeness (QED) is 0.828. The third-order valence-electron chi connectivity index (χ3n) is 6.83. The van der Waals surface area contributed by atoms with Crippen LogP contribution in [0, 0.1) is 5.41 Å². The number of amides is 2. The zero-order chi connectivity index (χ0) is 19.6.